The van der Waals surface area contributed by atoms with Crippen LogP contribution in [-0.2, 0) is 4.74 Å². The van der Waals surface area contributed by atoms with Gasteiger partial charge < -0.3 is 15.8 Å². The number of hydrogen-bond acceptors (Lipinski definition) is 5. The maximum absolute atomic E-state index is 11.3. The van der Waals surface area contributed by atoms with Crippen LogP contribution < -0.4 is 11.1 Å². The fourth-order valence-electron chi connectivity index (χ4n) is 5.13. The number of nitrogens with zero attached hydrogens (tertiary/aromatic N) is 2. The molecular formula is C15H18Cl2N4O2. The molecule has 0 saturated heterocycles. The number of carbonyl (C=O) groups is 1. The topological polar surface area (TPSA) is 90.1 Å². The van der Waals surface area contributed by atoms with E-state index in [9.17, 15) is 4.79 Å². The van der Waals surface area contributed by atoms with E-state index in [1.807, 2.05) is 0 Å². The Balaban J connectivity index is 1.56. The van der Waals surface area contributed by atoms with Crippen LogP contribution in [0, 0.1) is 17.8 Å². The van der Waals surface area contributed by atoms with E-state index in [-0.39, 0.29) is 16.9 Å². The number of carbonyl (C=O) groups excluding carboxylic acids is 1. The Kier molecular flexibility index (Phi) is 3.57. The van der Waals surface area contributed by atoms with Crippen molar-refractivity contribution in [2.45, 2.75) is 43.7 Å². The van der Waals surface area contributed by atoms with E-state index >= 15 is 0 Å². The molecule has 3 N–H and O–H groups in total. The molecule has 4 aliphatic rings. The largest absolute Gasteiger partial charge is 0.443 e. The van der Waals surface area contributed by atoms with E-state index in [1.54, 1.807) is 0 Å². The fraction of sp³-hybridized carbons (Fsp3) is 0.667. The molecule has 4 fully saturated rings. The van der Waals surface area contributed by atoms with Crippen LogP contribution in [0.5, 0.6) is 0 Å². The summed E-state index contributed by atoms with van der Waals surface area (Å²) in [6, 6.07) is 0.264. The number of aromatic nitrogens is 2. The molecule has 2 unspecified atom stereocenters. The summed E-state index contributed by atoms with van der Waals surface area (Å²) in [5, 5.41) is 4.10. The molecule has 2 atom stereocenters. The summed E-state index contributed by atoms with van der Waals surface area (Å²) >= 11 is 12.0. The van der Waals surface area contributed by atoms with Crippen molar-refractivity contribution in [1.82, 2.24) is 9.97 Å². The third kappa shape index (κ3) is 2.72. The number of ether oxygens (including phenoxy) is 1. The first-order valence-electron chi connectivity index (χ1n) is 7.87. The number of nitrogens with two attached hydrogens (primary N) is 1. The van der Waals surface area contributed by atoms with Gasteiger partial charge in [0.2, 0.25) is 5.28 Å². The number of nitrogens with one attached hydrogen (secondary N) is 1. The molecule has 1 heterocycles. The van der Waals surface area contributed by atoms with Crippen LogP contribution in [0.15, 0.2) is 6.20 Å². The maximum atomic E-state index is 11.3. The minimum atomic E-state index is -0.665. The average molecular weight is 357 g/mol. The SMILES string of the molecule is NC(=O)OC12CC3CC(C1)C(Nc1nc(Cl)ncc1Cl)C(C3)C2. The Hall–Kier alpha value is -1.27. The number of rotatable bonds is 3. The van der Waals surface area contributed by atoms with Crippen LogP contribution in [0.4, 0.5) is 10.6 Å². The Bertz CT molecular complexity index is 640. The molecule has 1 amide bonds. The van der Waals surface area contributed by atoms with E-state index in [0.717, 1.165) is 32.1 Å². The van der Waals surface area contributed by atoms with Crippen LogP contribution in [0.1, 0.15) is 32.1 Å². The van der Waals surface area contributed by atoms with Gasteiger partial charge in [0.05, 0.1) is 6.20 Å². The second-order valence-electron chi connectivity index (χ2n) is 7.08. The van der Waals surface area contributed by atoms with Crippen LogP contribution in [0.3, 0.4) is 0 Å². The van der Waals surface area contributed by atoms with Crippen molar-refractivity contribution in [2.75, 3.05) is 5.32 Å². The van der Waals surface area contributed by atoms with Gasteiger partial charge in [-0.2, -0.15) is 4.98 Å². The highest BCUT2D eigenvalue weighted by atomic mass is 35.5. The Labute approximate surface area is 144 Å². The molecule has 0 aliphatic heterocycles. The van der Waals surface area contributed by atoms with Gasteiger partial charge in [-0.15, -0.1) is 0 Å². The molecule has 5 rings (SSSR count). The highest BCUT2D eigenvalue weighted by Crippen LogP contribution is 2.57. The van der Waals surface area contributed by atoms with Crippen molar-refractivity contribution >= 4 is 35.1 Å². The second kappa shape index (κ2) is 5.38. The zero-order chi connectivity index (χ0) is 16.2. The minimum absolute atomic E-state index is 0.175. The number of primary amides is 1. The van der Waals surface area contributed by atoms with E-state index in [1.165, 1.54) is 6.20 Å². The Morgan fingerprint density at radius 2 is 2.00 bits per heavy atom. The monoisotopic (exact) mass is 356 g/mol. The quantitative estimate of drug-likeness (QED) is 0.811. The fourth-order valence-corrected chi connectivity index (χ4v) is 5.41. The van der Waals surface area contributed by atoms with Gasteiger partial charge in [-0.1, -0.05) is 11.6 Å². The molecule has 0 aromatic carbocycles. The summed E-state index contributed by atoms with van der Waals surface area (Å²) in [5.41, 5.74) is 4.92. The number of amides is 1. The molecule has 23 heavy (non-hydrogen) atoms. The van der Waals surface area contributed by atoms with Crippen molar-refractivity contribution < 1.29 is 9.53 Å². The van der Waals surface area contributed by atoms with Gasteiger partial charge in [0.1, 0.15) is 16.4 Å². The van der Waals surface area contributed by atoms with E-state index < -0.39 is 6.09 Å². The number of halogens is 2. The number of anilines is 1. The standard InChI is InChI=1S/C15H18Cl2N4O2/c16-10-6-19-13(17)21-12(10)20-11-8-1-7-2-9(11)5-15(3-7,4-8)23-14(18)22/h6-9,11H,1-5H2,(H2,18,22)(H,19,20,21). The lowest BCUT2D eigenvalue weighted by molar-refractivity contribution is -0.130. The van der Waals surface area contributed by atoms with Crippen molar-refractivity contribution in [2.24, 2.45) is 23.5 Å². The summed E-state index contributed by atoms with van der Waals surface area (Å²) in [6.07, 6.45) is 5.74. The first-order valence-corrected chi connectivity index (χ1v) is 8.63. The predicted octanol–water partition coefficient (Wildman–Crippen LogP) is 3.24. The van der Waals surface area contributed by atoms with Gasteiger partial charge >= 0.3 is 6.09 Å². The lowest BCUT2D eigenvalue weighted by atomic mass is 9.52. The maximum Gasteiger partial charge on any atom is 0.405 e. The molecule has 0 radical (unpaired) electrons. The van der Waals surface area contributed by atoms with Gasteiger partial charge in [0, 0.05) is 6.04 Å². The van der Waals surface area contributed by atoms with Gasteiger partial charge in [-0.25, -0.2) is 9.78 Å². The predicted molar refractivity (Wildman–Crippen MR) is 86.4 cm³/mol. The van der Waals surface area contributed by atoms with Gasteiger partial charge in [0.15, 0.2) is 0 Å². The molecule has 0 spiro atoms. The van der Waals surface area contributed by atoms with Crippen molar-refractivity contribution in [3.8, 4) is 0 Å². The van der Waals surface area contributed by atoms with E-state index in [4.69, 9.17) is 33.7 Å². The Morgan fingerprint density at radius 3 is 2.65 bits per heavy atom. The molecule has 6 nitrogen and oxygen atoms in total. The summed E-state index contributed by atoms with van der Waals surface area (Å²) in [5.74, 6) is 2.03. The highest BCUT2D eigenvalue weighted by molar-refractivity contribution is 6.33. The average Bonchev–Trinajstić information content (AvgIpc) is 2.44. The molecule has 4 aliphatic carbocycles. The van der Waals surface area contributed by atoms with Crippen LogP contribution in [0.25, 0.3) is 0 Å². The zero-order valence-corrected chi connectivity index (χ0v) is 14.0. The first-order chi connectivity index (χ1) is 10.9. The summed E-state index contributed by atoms with van der Waals surface area (Å²) in [6.45, 7) is 0. The second-order valence-corrected chi connectivity index (χ2v) is 7.83. The van der Waals surface area contributed by atoms with Crippen LogP contribution >= 0.6 is 23.2 Å². The third-order valence-corrected chi connectivity index (χ3v) is 6.01. The van der Waals surface area contributed by atoms with Crippen molar-refractivity contribution in [3.63, 3.8) is 0 Å². The molecule has 1 aromatic heterocycles. The first kappa shape index (κ1) is 15.3. The third-order valence-electron chi connectivity index (χ3n) is 5.55. The van der Waals surface area contributed by atoms with E-state index in [2.05, 4.69) is 15.3 Å². The lowest BCUT2D eigenvalue weighted by Crippen LogP contribution is -2.60. The molecule has 4 bridgehead atoms. The summed E-state index contributed by atoms with van der Waals surface area (Å²) in [4.78, 5) is 19.3. The van der Waals surface area contributed by atoms with Crippen LogP contribution in [0.2, 0.25) is 10.3 Å². The summed E-state index contributed by atoms with van der Waals surface area (Å²) in [7, 11) is 0. The smallest absolute Gasteiger partial charge is 0.405 e. The molecule has 1 aromatic rings. The highest BCUT2D eigenvalue weighted by Gasteiger charge is 2.57. The van der Waals surface area contributed by atoms with Crippen LogP contribution in [-0.4, -0.2) is 27.7 Å². The minimum Gasteiger partial charge on any atom is -0.443 e. The number of hydrogen-bond donors (Lipinski definition) is 2. The normalized spacial score (nSPS) is 37.7. The molecule has 124 valence electrons. The molecule has 4 saturated carbocycles. The zero-order valence-electron chi connectivity index (χ0n) is 12.5. The van der Waals surface area contributed by atoms with Gasteiger partial charge in [-0.05, 0) is 61.5 Å². The van der Waals surface area contributed by atoms with Crippen molar-refractivity contribution in [3.05, 3.63) is 16.5 Å². The van der Waals surface area contributed by atoms with Crippen molar-refractivity contribution in [1.29, 1.82) is 0 Å². The van der Waals surface area contributed by atoms with E-state index in [0.29, 0.717) is 28.6 Å². The molecule has 8 heteroatoms. The molecular weight excluding hydrogens is 339 g/mol. The Morgan fingerprint density at radius 1 is 1.30 bits per heavy atom. The van der Waals surface area contributed by atoms with Gasteiger partial charge in [-0.3, -0.25) is 0 Å². The lowest BCUT2D eigenvalue weighted by Gasteiger charge is -2.59. The summed E-state index contributed by atoms with van der Waals surface area (Å²) < 4.78 is 5.53. The van der Waals surface area contributed by atoms with Gasteiger partial charge in [0.25, 0.3) is 0 Å².